The van der Waals surface area contributed by atoms with Crippen LogP contribution in [0.5, 0.6) is 11.5 Å². The lowest BCUT2D eigenvalue weighted by molar-refractivity contribution is -0.385. The number of non-ortho nitro benzene ring substituents is 1. The number of nitro groups is 1. The third kappa shape index (κ3) is 2.89. The van der Waals surface area contributed by atoms with Crippen LogP contribution in [0.2, 0.25) is 0 Å². The Kier molecular flexibility index (Phi) is 3.90. The first-order valence-electron chi connectivity index (χ1n) is 5.52. The fraction of sp³-hybridized carbons (Fsp3) is 0.0769. The van der Waals surface area contributed by atoms with Gasteiger partial charge in [0.15, 0.2) is 11.6 Å². The van der Waals surface area contributed by atoms with Crippen molar-refractivity contribution in [3.8, 4) is 11.5 Å². The molecule has 0 heterocycles. The average molecular weight is 281 g/mol. The zero-order valence-corrected chi connectivity index (χ0v) is 10.0. The molecular weight excluding hydrogens is 272 g/mol. The molecule has 5 nitrogen and oxygen atoms in total. The van der Waals surface area contributed by atoms with Crippen molar-refractivity contribution in [1.82, 2.24) is 0 Å². The number of ether oxygens (including phenoxy) is 1. The minimum atomic E-state index is -1.07. The lowest BCUT2D eigenvalue weighted by atomic mass is 10.2. The number of nitro benzene ring substituents is 1. The van der Waals surface area contributed by atoms with E-state index in [1.54, 1.807) is 0 Å². The predicted molar refractivity (Wildman–Crippen MR) is 65.5 cm³/mol. The summed E-state index contributed by atoms with van der Waals surface area (Å²) in [6, 6.07) is 6.57. The fourth-order valence-corrected chi connectivity index (χ4v) is 1.57. The van der Waals surface area contributed by atoms with Crippen molar-refractivity contribution in [2.45, 2.75) is 6.61 Å². The van der Waals surface area contributed by atoms with Gasteiger partial charge >= 0.3 is 0 Å². The molecule has 0 unspecified atom stereocenters. The molecule has 0 aliphatic heterocycles. The van der Waals surface area contributed by atoms with Gasteiger partial charge in [0.05, 0.1) is 11.5 Å². The molecule has 0 aliphatic carbocycles. The molecule has 0 fully saturated rings. The van der Waals surface area contributed by atoms with Crippen LogP contribution in [0.4, 0.5) is 14.5 Å². The van der Waals surface area contributed by atoms with E-state index in [1.807, 2.05) is 0 Å². The van der Waals surface area contributed by atoms with Crippen LogP contribution in [-0.2, 0) is 6.61 Å². The topological polar surface area (TPSA) is 72.6 Å². The summed E-state index contributed by atoms with van der Waals surface area (Å²) in [6.45, 7) is -0.485. The van der Waals surface area contributed by atoms with Gasteiger partial charge in [-0.15, -0.1) is 0 Å². The largest absolute Gasteiger partial charge is 0.457 e. The van der Waals surface area contributed by atoms with E-state index in [4.69, 9.17) is 9.84 Å². The number of halogens is 2. The van der Waals surface area contributed by atoms with Crippen molar-refractivity contribution in [2.24, 2.45) is 0 Å². The molecule has 0 saturated carbocycles. The summed E-state index contributed by atoms with van der Waals surface area (Å²) in [5, 5.41) is 19.8. The zero-order valence-electron chi connectivity index (χ0n) is 10.0. The molecule has 0 aromatic heterocycles. The summed E-state index contributed by atoms with van der Waals surface area (Å²) < 4.78 is 31.1. The minimum Gasteiger partial charge on any atom is -0.457 e. The quantitative estimate of drug-likeness (QED) is 0.690. The number of aliphatic hydroxyl groups excluding tert-OH is 1. The maximum Gasteiger partial charge on any atom is 0.270 e. The number of aliphatic hydroxyl groups is 1. The molecule has 0 atom stereocenters. The van der Waals surface area contributed by atoms with Crippen molar-refractivity contribution < 1.29 is 23.5 Å². The second kappa shape index (κ2) is 5.62. The van der Waals surface area contributed by atoms with Gasteiger partial charge in [-0.3, -0.25) is 10.1 Å². The third-order valence-electron chi connectivity index (χ3n) is 2.54. The molecular formula is C13H9F2NO4. The summed E-state index contributed by atoms with van der Waals surface area (Å²) >= 11 is 0. The molecule has 0 spiro atoms. The maximum atomic E-state index is 13.0. The van der Waals surface area contributed by atoms with Crippen LogP contribution in [0.3, 0.4) is 0 Å². The van der Waals surface area contributed by atoms with E-state index in [2.05, 4.69) is 0 Å². The molecule has 104 valence electrons. The van der Waals surface area contributed by atoms with Crippen molar-refractivity contribution in [1.29, 1.82) is 0 Å². The van der Waals surface area contributed by atoms with Crippen molar-refractivity contribution in [2.75, 3.05) is 0 Å². The van der Waals surface area contributed by atoms with E-state index < -0.39 is 23.2 Å². The van der Waals surface area contributed by atoms with Gasteiger partial charge in [0.2, 0.25) is 0 Å². The molecule has 0 bridgehead atoms. The van der Waals surface area contributed by atoms with Crippen LogP contribution in [0.25, 0.3) is 0 Å². The number of hydrogen-bond donors (Lipinski definition) is 1. The lowest BCUT2D eigenvalue weighted by Gasteiger charge is -2.09. The van der Waals surface area contributed by atoms with Gasteiger partial charge < -0.3 is 9.84 Å². The Morgan fingerprint density at radius 2 is 1.90 bits per heavy atom. The minimum absolute atomic E-state index is 0.0208. The Hall–Kier alpha value is -2.54. The highest BCUT2D eigenvalue weighted by Gasteiger charge is 2.12. The van der Waals surface area contributed by atoms with Crippen molar-refractivity contribution in [3.63, 3.8) is 0 Å². The lowest BCUT2D eigenvalue weighted by Crippen LogP contribution is -1.95. The summed E-state index contributed by atoms with van der Waals surface area (Å²) in [4.78, 5) is 10.0. The van der Waals surface area contributed by atoms with Crippen LogP contribution < -0.4 is 4.74 Å². The standard InChI is InChI=1S/C13H9F2NO4/c14-11-3-2-10(6-12(11)15)20-13-4-1-9(16(18)19)5-8(13)7-17/h1-6,17H,7H2. The predicted octanol–water partition coefficient (Wildman–Crippen LogP) is 3.16. The Morgan fingerprint density at radius 3 is 2.50 bits per heavy atom. The Labute approximate surface area is 112 Å². The van der Waals surface area contributed by atoms with Crippen LogP contribution in [0.15, 0.2) is 36.4 Å². The second-order valence-corrected chi connectivity index (χ2v) is 3.89. The number of rotatable bonds is 4. The van der Waals surface area contributed by atoms with Gasteiger partial charge in [-0.1, -0.05) is 0 Å². The average Bonchev–Trinajstić information content (AvgIpc) is 2.43. The van der Waals surface area contributed by atoms with Gasteiger partial charge in [-0.05, 0) is 18.2 Å². The number of benzene rings is 2. The van der Waals surface area contributed by atoms with Crippen molar-refractivity contribution in [3.05, 3.63) is 63.7 Å². The van der Waals surface area contributed by atoms with Crippen LogP contribution in [0.1, 0.15) is 5.56 Å². The SMILES string of the molecule is O=[N+]([O-])c1ccc(Oc2ccc(F)c(F)c2)c(CO)c1. The highest BCUT2D eigenvalue weighted by atomic mass is 19.2. The molecule has 0 amide bonds. The molecule has 7 heteroatoms. The molecule has 2 aromatic carbocycles. The van der Waals surface area contributed by atoms with Crippen LogP contribution in [-0.4, -0.2) is 10.0 Å². The van der Waals surface area contributed by atoms with Gasteiger partial charge in [-0.25, -0.2) is 8.78 Å². The van der Waals surface area contributed by atoms with E-state index >= 15 is 0 Å². The fourth-order valence-electron chi connectivity index (χ4n) is 1.57. The summed E-state index contributed by atoms with van der Waals surface area (Å²) in [5.74, 6) is -1.94. The number of nitrogens with zero attached hydrogens (tertiary/aromatic N) is 1. The molecule has 2 rings (SSSR count). The summed E-state index contributed by atoms with van der Waals surface area (Å²) in [7, 11) is 0. The molecule has 20 heavy (non-hydrogen) atoms. The van der Waals surface area contributed by atoms with E-state index in [0.29, 0.717) is 0 Å². The highest BCUT2D eigenvalue weighted by molar-refractivity contribution is 5.45. The molecule has 2 aromatic rings. The first kappa shape index (κ1) is 13.9. The van der Waals surface area contributed by atoms with Crippen LogP contribution >= 0.6 is 0 Å². The smallest absolute Gasteiger partial charge is 0.270 e. The van der Waals surface area contributed by atoms with E-state index in [0.717, 1.165) is 18.2 Å². The van der Waals surface area contributed by atoms with Gasteiger partial charge in [0.25, 0.3) is 5.69 Å². The van der Waals surface area contributed by atoms with Crippen molar-refractivity contribution >= 4 is 5.69 Å². The van der Waals surface area contributed by atoms with Gasteiger partial charge in [0, 0.05) is 23.8 Å². The van der Waals surface area contributed by atoms with E-state index in [-0.39, 0.29) is 22.7 Å². The second-order valence-electron chi connectivity index (χ2n) is 3.89. The Morgan fingerprint density at radius 1 is 1.15 bits per heavy atom. The zero-order chi connectivity index (χ0) is 14.7. The first-order chi connectivity index (χ1) is 9.51. The molecule has 1 N–H and O–H groups in total. The summed E-state index contributed by atoms with van der Waals surface area (Å²) in [5.41, 5.74) is -0.0318. The Balaban J connectivity index is 2.32. The Bertz CT molecular complexity index is 661. The van der Waals surface area contributed by atoms with Gasteiger partial charge in [0.1, 0.15) is 11.5 Å². The molecule has 0 radical (unpaired) electrons. The highest BCUT2D eigenvalue weighted by Crippen LogP contribution is 2.29. The molecule has 0 aliphatic rings. The normalized spacial score (nSPS) is 10.3. The monoisotopic (exact) mass is 281 g/mol. The van der Waals surface area contributed by atoms with Crippen LogP contribution in [0, 0.1) is 21.7 Å². The van der Waals surface area contributed by atoms with E-state index in [1.165, 1.54) is 18.2 Å². The third-order valence-corrected chi connectivity index (χ3v) is 2.54. The molecule has 0 saturated heterocycles. The summed E-state index contributed by atoms with van der Waals surface area (Å²) in [6.07, 6.45) is 0. The van der Waals surface area contributed by atoms with Gasteiger partial charge in [-0.2, -0.15) is 0 Å². The maximum absolute atomic E-state index is 13.0. The first-order valence-corrected chi connectivity index (χ1v) is 5.52. The van der Waals surface area contributed by atoms with E-state index in [9.17, 15) is 18.9 Å². The number of hydrogen-bond acceptors (Lipinski definition) is 4.